The third-order valence-corrected chi connectivity index (χ3v) is 3.66. The third kappa shape index (κ3) is 1.91. The Labute approximate surface area is 110 Å². The van der Waals surface area contributed by atoms with Crippen LogP contribution in [0.25, 0.3) is 5.65 Å². The van der Waals surface area contributed by atoms with Crippen molar-refractivity contribution >= 4 is 5.65 Å². The highest BCUT2D eigenvalue weighted by molar-refractivity contribution is 5.33. The normalized spacial score (nSPS) is 16.2. The van der Waals surface area contributed by atoms with Gasteiger partial charge in [0.1, 0.15) is 0 Å². The minimum atomic E-state index is -0.200. The van der Waals surface area contributed by atoms with Crippen LogP contribution in [0.5, 0.6) is 0 Å². The summed E-state index contributed by atoms with van der Waals surface area (Å²) in [5.41, 5.74) is -0.153. The van der Waals surface area contributed by atoms with Crippen molar-refractivity contribution in [2.45, 2.75) is 45.7 Å². The lowest BCUT2D eigenvalue weighted by atomic mass is 9.93. The zero-order valence-corrected chi connectivity index (χ0v) is 11.2. The van der Waals surface area contributed by atoms with E-state index in [4.69, 9.17) is 0 Å². The summed E-state index contributed by atoms with van der Waals surface area (Å²) in [5, 5.41) is 4.24. The first kappa shape index (κ1) is 12.2. The molecular formula is C13H18N4O2. The molecule has 0 atom stereocenters. The lowest BCUT2D eigenvalue weighted by molar-refractivity contribution is 0.282. The van der Waals surface area contributed by atoms with Crippen LogP contribution < -0.4 is 11.2 Å². The molecule has 2 aromatic heterocycles. The molecule has 0 saturated heterocycles. The molecule has 0 spiro atoms. The van der Waals surface area contributed by atoms with Crippen molar-refractivity contribution in [1.82, 2.24) is 18.7 Å². The van der Waals surface area contributed by atoms with Crippen LogP contribution in [-0.2, 0) is 6.54 Å². The first-order chi connectivity index (χ1) is 9.08. The van der Waals surface area contributed by atoms with Gasteiger partial charge in [0.2, 0.25) is 5.65 Å². The third-order valence-electron chi connectivity index (χ3n) is 3.66. The average Bonchev–Trinajstić information content (AvgIpc) is 2.59. The Morgan fingerprint density at radius 2 is 2.05 bits per heavy atom. The van der Waals surface area contributed by atoms with Crippen molar-refractivity contribution in [3.05, 3.63) is 33.2 Å². The van der Waals surface area contributed by atoms with Gasteiger partial charge in [0.25, 0.3) is 5.56 Å². The molecule has 0 unspecified atom stereocenters. The number of fused-ring (bicyclic) bond motifs is 1. The van der Waals surface area contributed by atoms with Gasteiger partial charge in [-0.05, 0) is 25.2 Å². The van der Waals surface area contributed by atoms with E-state index in [9.17, 15) is 9.59 Å². The second-order valence-corrected chi connectivity index (χ2v) is 5.65. The number of hydrogen-bond donors (Lipinski definition) is 0. The van der Waals surface area contributed by atoms with Crippen LogP contribution in [0.15, 0.2) is 22.0 Å². The highest BCUT2D eigenvalue weighted by Crippen LogP contribution is 2.29. The van der Waals surface area contributed by atoms with Crippen LogP contribution >= 0.6 is 0 Å². The summed E-state index contributed by atoms with van der Waals surface area (Å²) in [6.07, 6.45) is 6.39. The molecule has 0 aromatic carbocycles. The Balaban J connectivity index is 2.15. The molecule has 1 fully saturated rings. The molecule has 3 rings (SSSR count). The number of aromatic nitrogens is 4. The quantitative estimate of drug-likeness (QED) is 0.830. The second-order valence-electron chi connectivity index (χ2n) is 5.65. The molecule has 6 heteroatoms. The maximum atomic E-state index is 12.3. The van der Waals surface area contributed by atoms with E-state index in [2.05, 4.69) is 18.9 Å². The van der Waals surface area contributed by atoms with Gasteiger partial charge in [-0.25, -0.2) is 13.9 Å². The minimum Gasteiger partial charge on any atom is -0.311 e. The Bertz CT molecular complexity index is 718. The Morgan fingerprint density at radius 1 is 1.32 bits per heavy atom. The minimum absolute atomic E-state index is 0.172. The van der Waals surface area contributed by atoms with Gasteiger partial charge in [-0.1, -0.05) is 13.8 Å². The first-order valence-electron chi connectivity index (χ1n) is 6.78. The van der Waals surface area contributed by atoms with Crippen LogP contribution in [0.4, 0.5) is 0 Å². The molecule has 0 radical (unpaired) electrons. The molecule has 2 heterocycles. The van der Waals surface area contributed by atoms with E-state index in [-0.39, 0.29) is 22.9 Å². The van der Waals surface area contributed by atoms with E-state index in [1.807, 2.05) is 0 Å². The zero-order valence-electron chi connectivity index (χ0n) is 11.2. The number of hydrogen-bond acceptors (Lipinski definition) is 3. The fourth-order valence-electron chi connectivity index (χ4n) is 2.42. The Kier molecular flexibility index (Phi) is 2.80. The van der Waals surface area contributed by atoms with E-state index >= 15 is 0 Å². The van der Waals surface area contributed by atoms with E-state index in [1.54, 1.807) is 17.0 Å². The van der Waals surface area contributed by atoms with Gasteiger partial charge in [-0.15, -0.1) is 5.10 Å². The van der Waals surface area contributed by atoms with Crippen LogP contribution in [0, 0.1) is 5.92 Å². The monoisotopic (exact) mass is 262 g/mol. The topological polar surface area (TPSA) is 61.3 Å². The summed E-state index contributed by atoms with van der Waals surface area (Å²) < 4.78 is 4.45. The Morgan fingerprint density at radius 3 is 2.63 bits per heavy atom. The summed E-state index contributed by atoms with van der Waals surface area (Å²) in [6.45, 7) is 4.74. The van der Waals surface area contributed by atoms with Crippen molar-refractivity contribution < 1.29 is 0 Å². The number of rotatable bonds is 3. The van der Waals surface area contributed by atoms with Gasteiger partial charge in [0.05, 0.1) is 6.04 Å². The number of nitrogens with zero attached hydrogens (tertiary/aromatic N) is 4. The lowest BCUT2D eigenvalue weighted by Crippen LogP contribution is -2.29. The highest BCUT2D eigenvalue weighted by atomic mass is 16.2. The Hall–Kier alpha value is -1.85. The molecule has 2 aromatic rings. The van der Waals surface area contributed by atoms with Crippen LogP contribution in [0.3, 0.4) is 0 Å². The van der Waals surface area contributed by atoms with Crippen molar-refractivity contribution in [2.75, 3.05) is 0 Å². The largest absolute Gasteiger partial charge is 0.350 e. The van der Waals surface area contributed by atoms with Gasteiger partial charge in [-0.2, -0.15) is 0 Å². The second kappa shape index (κ2) is 4.36. The molecule has 0 amide bonds. The van der Waals surface area contributed by atoms with Crippen LogP contribution in [0.2, 0.25) is 0 Å². The lowest BCUT2D eigenvalue weighted by Gasteiger charge is -2.23. The van der Waals surface area contributed by atoms with E-state index in [1.165, 1.54) is 9.08 Å². The van der Waals surface area contributed by atoms with Crippen molar-refractivity contribution in [3.8, 4) is 0 Å². The summed E-state index contributed by atoms with van der Waals surface area (Å²) in [7, 11) is 0. The predicted molar refractivity (Wildman–Crippen MR) is 71.4 cm³/mol. The summed E-state index contributed by atoms with van der Waals surface area (Å²) in [4.78, 5) is 24.4. The van der Waals surface area contributed by atoms with E-state index in [0.717, 1.165) is 19.3 Å². The standard InChI is InChI=1S/C13H18N4O2/c1-9(2)8-15-6-7-16-11(12(15)18)14-17(13(16)19)10-4-3-5-10/h6-7,9-10H,3-5,8H2,1-2H3. The van der Waals surface area contributed by atoms with Crippen molar-refractivity contribution in [1.29, 1.82) is 0 Å². The SMILES string of the molecule is CC(C)Cn1ccn2c(=O)n(C3CCC3)nc2c1=O. The fourth-order valence-corrected chi connectivity index (χ4v) is 2.42. The molecule has 19 heavy (non-hydrogen) atoms. The molecule has 6 nitrogen and oxygen atoms in total. The summed E-state index contributed by atoms with van der Waals surface area (Å²) in [5.74, 6) is 0.376. The molecule has 1 aliphatic carbocycles. The van der Waals surface area contributed by atoms with Gasteiger partial charge >= 0.3 is 5.69 Å². The van der Waals surface area contributed by atoms with Crippen molar-refractivity contribution in [2.24, 2.45) is 5.92 Å². The van der Waals surface area contributed by atoms with E-state index in [0.29, 0.717) is 12.5 Å². The highest BCUT2D eigenvalue weighted by Gasteiger charge is 2.24. The summed E-state index contributed by atoms with van der Waals surface area (Å²) in [6, 6.07) is 0.172. The fraction of sp³-hybridized carbons (Fsp3) is 0.615. The zero-order chi connectivity index (χ0) is 13.6. The molecular weight excluding hydrogens is 244 g/mol. The van der Waals surface area contributed by atoms with Crippen molar-refractivity contribution in [3.63, 3.8) is 0 Å². The van der Waals surface area contributed by atoms with Gasteiger partial charge in [-0.3, -0.25) is 4.79 Å². The molecule has 102 valence electrons. The van der Waals surface area contributed by atoms with Gasteiger partial charge < -0.3 is 4.57 Å². The molecule has 0 N–H and O–H groups in total. The predicted octanol–water partition coefficient (Wildman–Crippen LogP) is 1.04. The first-order valence-corrected chi connectivity index (χ1v) is 6.78. The van der Waals surface area contributed by atoms with Gasteiger partial charge in [0.15, 0.2) is 0 Å². The van der Waals surface area contributed by atoms with Gasteiger partial charge in [0, 0.05) is 18.9 Å². The molecule has 1 aliphatic rings. The summed E-state index contributed by atoms with van der Waals surface area (Å²) >= 11 is 0. The van der Waals surface area contributed by atoms with Crippen LogP contribution in [-0.4, -0.2) is 18.7 Å². The smallest absolute Gasteiger partial charge is 0.311 e. The van der Waals surface area contributed by atoms with E-state index < -0.39 is 0 Å². The maximum absolute atomic E-state index is 12.3. The molecule has 0 bridgehead atoms. The maximum Gasteiger partial charge on any atom is 0.350 e. The average molecular weight is 262 g/mol. The molecule has 1 saturated carbocycles. The van der Waals surface area contributed by atoms with Crippen LogP contribution in [0.1, 0.15) is 39.2 Å². The molecule has 0 aliphatic heterocycles.